The molecule has 0 saturated carbocycles. The highest BCUT2D eigenvalue weighted by Gasteiger charge is 2.13. The summed E-state index contributed by atoms with van der Waals surface area (Å²) in [5.74, 6) is 2.45. The number of thioether (sulfide) groups is 1. The third-order valence-electron chi connectivity index (χ3n) is 2.29. The van der Waals surface area contributed by atoms with Crippen molar-refractivity contribution < 1.29 is 4.84 Å². The molecule has 2 nitrogen and oxygen atoms in total. The number of benzene rings is 1. The molecule has 1 N–H and O–H groups in total. The van der Waals surface area contributed by atoms with Crippen LogP contribution in [0.5, 0.6) is 0 Å². The molecule has 0 atom stereocenters. The lowest BCUT2D eigenvalue weighted by Gasteiger charge is -2.21. The molecule has 3 heteroatoms. The summed E-state index contributed by atoms with van der Waals surface area (Å²) >= 11 is 2.01. The normalized spacial score (nSPS) is 18.0. The third-order valence-corrected chi connectivity index (χ3v) is 3.33. The van der Waals surface area contributed by atoms with Crippen molar-refractivity contribution in [2.24, 2.45) is 0 Å². The molecule has 2 rings (SSSR count). The number of hydrogen-bond donors (Lipinski definition) is 1. The highest BCUT2D eigenvalue weighted by molar-refractivity contribution is 7.99. The van der Waals surface area contributed by atoms with E-state index in [0.717, 1.165) is 18.5 Å². The van der Waals surface area contributed by atoms with Gasteiger partial charge in [0.05, 0.1) is 11.8 Å². The van der Waals surface area contributed by atoms with E-state index in [2.05, 4.69) is 5.48 Å². The van der Waals surface area contributed by atoms with Crippen LogP contribution in [0.25, 0.3) is 0 Å². The number of nitrogens with one attached hydrogen (secondary N) is 1. The van der Waals surface area contributed by atoms with Crippen molar-refractivity contribution in [1.82, 2.24) is 0 Å². The predicted octanol–water partition coefficient (Wildman–Crippen LogP) is 2.93. The van der Waals surface area contributed by atoms with Crippen LogP contribution in [0.2, 0.25) is 0 Å². The number of para-hydroxylation sites is 1. The quantitative estimate of drug-likeness (QED) is 0.773. The van der Waals surface area contributed by atoms with Crippen molar-refractivity contribution >= 4 is 17.4 Å². The highest BCUT2D eigenvalue weighted by Crippen LogP contribution is 2.20. The third kappa shape index (κ3) is 2.93. The Bertz CT molecular complexity index is 259. The molecule has 0 aromatic heterocycles. The number of hydrogen-bond acceptors (Lipinski definition) is 3. The molecular weight excluding hydrogens is 194 g/mol. The van der Waals surface area contributed by atoms with E-state index in [0.29, 0.717) is 6.10 Å². The van der Waals surface area contributed by atoms with Gasteiger partial charge in [-0.3, -0.25) is 10.3 Å². The minimum Gasteiger partial charge on any atom is -0.273 e. The lowest BCUT2D eigenvalue weighted by atomic mass is 10.2. The monoisotopic (exact) mass is 209 g/mol. The van der Waals surface area contributed by atoms with Crippen LogP contribution in [0.4, 0.5) is 5.69 Å². The van der Waals surface area contributed by atoms with Crippen molar-refractivity contribution in [3.8, 4) is 0 Å². The molecule has 76 valence electrons. The van der Waals surface area contributed by atoms with Gasteiger partial charge in [0.25, 0.3) is 0 Å². The minimum atomic E-state index is 0.386. The van der Waals surface area contributed by atoms with Gasteiger partial charge in [-0.25, -0.2) is 0 Å². The van der Waals surface area contributed by atoms with Crippen LogP contribution < -0.4 is 5.48 Å². The van der Waals surface area contributed by atoms with Gasteiger partial charge in [-0.05, 0) is 36.5 Å². The molecule has 0 aliphatic carbocycles. The van der Waals surface area contributed by atoms with E-state index in [1.54, 1.807) is 0 Å². The SMILES string of the molecule is c1ccc(NOC2CCSCC2)cc1. The maximum atomic E-state index is 5.61. The molecule has 0 amide bonds. The van der Waals surface area contributed by atoms with E-state index in [1.165, 1.54) is 11.5 Å². The van der Waals surface area contributed by atoms with Gasteiger partial charge in [0, 0.05) is 0 Å². The average Bonchev–Trinajstić information content (AvgIpc) is 2.29. The van der Waals surface area contributed by atoms with E-state index in [-0.39, 0.29) is 0 Å². The minimum absolute atomic E-state index is 0.386. The first-order valence-corrected chi connectivity index (χ1v) is 6.15. The van der Waals surface area contributed by atoms with Crippen LogP contribution in [0.1, 0.15) is 12.8 Å². The van der Waals surface area contributed by atoms with E-state index >= 15 is 0 Å². The molecule has 1 aromatic carbocycles. The van der Waals surface area contributed by atoms with E-state index in [1.807, 2.05) is 42.1 Å². The average molecular weight is 209 g/mol. The Kier molecular flexibility index (Phi) is 3.72. The maximum absolute atomic E-state index is 5.61. The first-order chi connectivity index (χ1) is 6.95. The van der Waals surface area contributed by atoms with Crippen LogP contribution in [0, 0.1) is 0 Å². The Balaban J connectivity index is 1.76. The number of anilines is 1. The summed E-state index contributed by atoms with van der Waals surface area (Å²) < 4.78 is 0. The molecule has 1 aromatic rings. The van der Waals surface area contributed by atoms with Crippen LogP contribution in [0.3, 0.4) is 0 Å². The molecule has 1 heterocycles. The zero-order chi connectivity index (χ0) is 9.64. The second-order valence-electron chi connectivity index (χ2n) is 3.40. The molecule has 0 radical (unpaired) electrons. The van der Waals surface area contributed by atoms with Crippen molar-refractivity contribution in [1.29, 1.82) is 0 Å². The van der Waals surface area contributed by atoms with Crippen molar-refractivity contribution in [2.75, 3.05) is 17.0 Å². The Morgan fingerprint density at radius 3 is 2.57 bits per heavy atom. The second kappa shape index (κ2) is 5.27. The molecule has 0 bridgehead atoms. The Morgan fingerprint density at radius 1 is 1.14 bits per heavy atom. The Labute approximate surface area is 89.0 Å². The molecule has 0 spiro atoms. The van der Waals surface area contributed by atoms with Gasteiger partial charge in [0.2, 0.25) is 0 Å². The molecule has 14 heavy (non-hydrogen) atoms. The van der Waals surface area contributed by atoms with Crippen molar-refractivity contribution in [3.63, 3.8) is 0 Å². The number of rotatable bonds is 3. The van der Waals surface area contributed by atoms with Gasteiger partial charge < -0.3 is 0 Å². The van der Waals surface area contributed by atoms with E-state index in [4.69, 9.17) is 4.84 Å². The highest BCUT2D eigenvalue weighted by atomic mass is 32.2. The Morgan fingerprint density at radius 2 is 1.86 bits per heavy atom. The van der Waals surface area contributed by atoms with Gasteiger partial charge in [0.15, 0.2) is 0 Å². The molecule has 1 aliphatic rings. The van der Waals surface area contributed by atoms with Crippen LogP contribution in [-0.4, -0.2) is 17.6 Å². The van der Waals surface area contributed by atoms with E-state index in [9.17, 15) is 0 Å². The lowest BCUT2D eigenvalue weighted by Crippen LogP contribution is -2.21. The molecular formula is C11H15NOS. The van der Waals surface area contributed by atoms with Gasteiger partial charge in [-0.2, -0.15) is 11.8 Å². The summed E-state index contributed by atoms with van der Waals surface area (Å²) in [6.45, 7) is 0. The van der Waals surface area contributed by atoms with Gasteiger partial charge in [0.1, 0.15) is 0 Å². The predicted molar refractivity (Wildman–Crippen MR) is 61.5 cm³/mol. The largest absolute Gasteiger partial charge is 0.273 e. The lowest BCUT2D eigenvalue weighted by molar-refractivity contribution is 0.0932. The van der Waals surface area contributed by atoms with Crippen LogP contribution >= 0.6 is 11.8 Å². The van der Waals surface area contributed by atoms with Crippen molar-refractivity contribution in [3.05, 3.63) is 30.3 Å². The first kappa shape index (κ1) is 9.87. The second-order valence-corrected chi connectivity index (χ2v) is 4.62. The molecule has 1 aliphatic heterocycles. The van der Waals surface area contributed by atoms with Crippen LogP contribution in [0.15, 0.2) is 30.3 Å². The smallest absolute Gasteiger partial charge is 0.0869 e. The fourth-order valence-corrected chi connectivity index (χ4v) is 2.51. The van der Waals surface area contributed by atoms with E-state index < -0.39 is 0 Å². The summed E-state index contributed by atoms with van der Waals surface area (Å²) in [6.07, 6.45) is 2.70. The molecule has 0 unspecified atom stereocenters. The topological polar surface area (TPSA) is 21.3 Å². The maximum Gasteiger partial charge on any atom is 0.0869 e. The molecule has 1 saturated heterocycles. The van der Waals surface area contributed by atoms with Gasteiger partial charge in [-0.15, -0.1) is 0 Å². The summed E-state index contributed by atoms with van der Waals surface area (Å²) in [5.41, 5.74) is 4.04. The Hall–Kier alpha value is -0.670. The fourth-order valence-electron chi connectivity index (χ4n) is 1.45. The zero-order valence-corrected chi connectivity index (χ0v) is 8.93. The summed E-state index contributed by atoms with van der Waals surface area (Å²) in [6, 6.07) is 10.0. The summed E-state index contributed by atoms with van der Waals surface area (Å²) in [5, 5.41) is 0. The van der Waals surface area contributed by atoms with Crippen molar-refractivity contribution in [2.45, 2.75) is 18.9 Å². The standard InChI is InChI=1S/C11H15NOS/c1-2-4-10(5-3-1)12-13-11-6-8-14-9-7-11/h1-5,11-12H,6-9H2. The fraction of sp³-hybridized carbons (Fsp3) is 0.455. The zero-order valence-electron chi connectivity index (χ0n) is 8.11. The molecule has 1 fully saturated rings. The van der Waals surface area contributed by atoms with Gasteiger partial charge >= 0.3 is 0 Å². The van der Waals surface area contributed by atoms with Gasteiger partial charge in [-0.1, -0.05) is 18.2 Å². The summed E-state index contributed by atoms with van der Waals surface area (Å²) in [4.78, 5) is 5.61. The summed E-state index contributed by atoms with van der Waals surface area (Å²) in [7, 11) is 0. The first-order valence-electron chi connectivity index (χ1n) is 4.99. The van der Waals surface area contributed by atoms with Crippen LogP contribution in [-0.2, 0) is 4.84 Å².